The molecule has 5 nitrogen and oxygen atoms in total. The Labute approximate surface area is 158 Å². The summed E-state index contributed by atoms with van der Waals surface area (Å²) in [5, 5.41) is 0. The molecule has 1 aliphatic heterocycles. The summed E-state index contributed by atoms with van der Waals surface area (Å²) in [6, 6.07) is 10.1. The second-order valence-electron chi connectivity index (χ2n) is 7.47. The largest absolute Gasteiger partial charge is 0.366 e. The number of alkyl halides is 1. The molecule has 0 bridgehead atoms. The highest BCUT2D eigenvalue weighted by Crippen LogP contribution is 2.21. The molecule has 3 heterocycles. The molecule has 0 spiro atoms. The van der Waals surface area contributed by atoms with Crippen LogP contribution in [-0.4, -0.2) is 45.2 Å². The number of hydrogen-bond acceptors (Lipinski definition) is 4. The van der Waals surface area contributed by atoms with E-state index in [-0.39, 0.29) is 6.61 Å². The topological polar surface area (TPSA) is 54.0 Å². The second-order valence-corrected chi connectivity index (χ2v) is 7.47. The van der Waals surface area contributed by atoms with Gasteiger partial charge in [0.05, 0.1) is 16.7 Å². The van der Waals surface area contributed by atoms with E-state index in [1.54, 1.807) is 0 Å². The molecule has 0 unspecified atom stereocenters. The fourth-order valence-corrected chi connectivity index (χ4v) is 3.59. The lowest BCUT2D eigenvalue weighted by Gasteiger charge is -2.15. The van der Waals surface area contributed by atoms with Crippen LogP contribution in [0.25, 0.3) is 11.0 Å². The Kier molecular flexibility index (Phi) is 4.93. The number of nitrogens with one attached hydrogen (secondary N) is 1. The van der Waals surface area contributed by atoms with Crippen LogP contribution in [0.4, 0.5) is 4.39 Å². The summed E-state index contributed by atoms with van der Waals surface area (Å²) < 4.78 is 20.3. The third-order valence-corrected chi connectivity index (χ3v) is 5.19. The zero-order valence-electron chi connectivity index (χ0n) is 16.0. The van der Waals surface area contributed by atoms with Crippen LogP contribution in [-0.2, 0) is 17.9 Å². The van der Waals surface area contributed by atoms with Crippen LogP contribution in [0.2, 0.25) is 0 Å². The summed E-state index contributed by atoms with van der Waals surface area (Å²) >= 11 is 0. The normalized spacial score (nSPS) is 20.6. The first kappa shape index (κ1) is 18.1. The SMILES string of the molecule is Cc1cccc(CN2C[C@@H](F)[C@@H](OCc3nc4cc(C)c(C)cc4[nH]3)C2)n1. The Bertz CT molecular complexity index is 916. The van der Waals surface area contributed by atoms with E-state index in [0.717, 1.165) is 28.2 Å². The fraction of sp³-hybridized carbons (Fsp3) is 0.429. The first-order chi connectivity index (χ1) is 13.0. The van der Waals surface area contributed by atoms with E-state index >= 15 is 0 Å². The van der Waals surface area contributed by atoms with E-state index in [9.17, 15) is 4.39 Å². The minimum absolute atomic E-state index is 0.286. The van der Waals surface area contributed by atoms with Crippen molar-refractivity contribution in [3.63, 3.8) is 0 Å². The van der Waals surface area contributed by atoms with Crippen molar-refractivity contribution in [1.29, 1.82) is 0 Å². The molecule has 1 N–H and O–H groups in total. The smallest absolute Gasteiger partial charge is 0.140 e. The number of aromatic amines is 1. The summed E-state index contributed by atoms with van der Waals surface area (Å²) in [5.41, 5.74) is 6.29. The number of pyridine rings is 1. The van der Waals surface area contributed by atoms with E-state index in [0.29, 0.717) is 19.6 Å². The Morgan fingerprint density at radius 2 is 1.96 bits per heavy atom. The van der Waals surface area contributed by atoms with E-state index in [2.05, 4.69) is 45.8 Å². The van der Waals surface area contributed by atoms with E-state index in [1.807, 2.05) is 25.1 Å². The molecule has 142 valence electrons. The van der Waals surface area contributed by atoms with Gasteiger partial charge in [-0.3, -0.25) is 9.88 Å². The summed E-state index contributed by atoms with van der Waals surface area (Å²) in [6.07, 6.45) is -1.44. The third-order valence-electron chi connectivity index (χ3n) is 5.19. The lowest BCUT2D eigenvalue weighted by Crippen LogP contribution is -2.24. The molecule has 27 heavy (non-hydrogen) atoms. The maximum atomic E-state index is 14.4. The first-order valence-electron chi connectivity index (χ1n) is 9.34. The van der Waals surface area contributed by atoms with E-state index in [4.69, 9.17) is 4.74 Å². The number of nitrogens with zero attached hydrogens (tertiary/aromatic N) is 3. The second kappa shape index (κ2) is 7.37. The highest BCUT2D eigenvalue weighted by Gasteiger charge is 2.33. The summed E-state index contributed by atoms with van der Waals surface area (Å²) in [4.78, 5) is 14.4. The number of rotatable bonds is 5. The molecule has 1 saturated heterocycles. The maximum absolute atomic E-state index is 14.4. The molecule has 0 amide bonds. The average molecular weight is 368 g/mol. The number of aromatic nitrogens is 3. The highest BCUT2D eigenvalue weighted by molar-refractivity contribution is 5.77. The van der Waals surface area contributed by atoms with Gasteiger partial charge in [0, 0.05) is 25.3 Å². The van der Waals surface area contributed by atoms with Crippen LogP contribution >= 0.6 is 0 Å². The van der Waals surface area contributed by atoms with Crippen LogP contribution < -0.4 is 0 Å². The van der Waals surface area contributed by atoms with Gasteiger partial charge in [0.25, 0.3) is 0 Å². The summed E-state index contributed by atoms with van der Waals surface area (Å²) in [7, 11) is 0. The first-order valence-corrected chi connectivity index (χ1v) is 9.34. The standard InChI is InChI=1S/C21H25FN4O/c1-13-7-18-19(8-14(13)2)25-21(24-18)12-27-20-11-26(10-17(20)22)9-16-6-4-5-15(3)23-16/h4-8,17,20H,9-12H2,1-3H3,(H,24,25)/t17-,20+/m1/s1. The van der Waals surface area contributed by atoms with Crippen LogP contribution in [0.1, 0.15) is 28.3 Å². The number of ether oxygens (including phenoxy) is 1. The van der Waals surface area contributed by atoms with Gasteiger partial charge in [-0.1, -0.05) is 6.07 Å². The van der Waals surface area contributed by atoms with Crippen molar-refractivity contribution < 1.29 is 9.13 Å². The molecule has 6 heteroatoms. The van der Waals surface area contributed by atoms with Gasteiger partial charge in [0.1, 0.15) is 24.7 Å². The Morgan fingerprint density at radius 1 is 1.15 bits per heavy atom. The Morgan fingerprint density at radius 3 is 2.78 bits per heavy atom. The number of H-pyrrole nitrogens is 1. The van der Waals surface area contributed by atoms with Crippen LogP contribution in [0, 0.1) is 20.8 Å². The molecule has 1 aromatic carbocycles. The Hall–Kier alpha value is -2.31. The third kappa shape index (κ3) is 4.01. The lowest BCUT2D eigenvalue weighted by atomic mass is 10.1. The molecule has 2 aromatic heterocycles. The fourth-order valence-electron chi connectivity index (χ4n) is 3.59. The monoisotopic (exact) mass is 368 g/mol. The van der Waals surface area contributed by atoms with Crippen LogP contribution in [0.3, 0.4) is 0 Å². The zero-order valence-corrected chi connectivity index (χ0v) is 16.0. The maximum Gasteiger partial charge on any atom is 0.140 e. The molecular weight excluding hydrogens is 343 g/mol. The van der Waals surface area contributed by atoms with E-state index in [1.165, 1.54) is 11.1 Å². The van der Waals surface area contributed by atoms with Crippen molar-refractivity contribution in [2.75, 3.05) is 13.1 Å². The minimum Gasteiger partial charge on any atom is -0.366 e. The molecule has 0 saturated carbocycles. The van der Waals surface area contributed by atoms with Gasteiger partial charge in [0.15, 0.2) is 0 Å². The van der Waals surface area contributed by atoms with Crippen molar-refractivity contribution in [2.45, 2.75) is 46.2 Å². The molecule has 3 aromatic rings. The lowest BCUT2D eigenvalue weighted by molar-refractivity contribution is 0.00861. The predicted octanol–water partition coefficient (Wildman–Crippen LogP) is 3.62. The number of halogens is 1. The van der Waals surface area contributed by atoms with Gasteiger partial charge < -0.3 is 9.72 Å². The molecule has 1 fully saturated rings. The van der Waals surface area contributed by atoms with Crippen LogP contribution in [0.5, 0.6) is 0 Å². The van der Waals surface area contributed by atoms with Gasteiger partial charge in [-0.25, -0.2) is 9.37 Å². The quantitative estimate of drug-likeness (QED) is 0.747. The molecule has 1 aliphatic rings. The minimum atomic E-state index is -0.997. The van der Waals surface area contributed by atoms with Crippen LogP contribution in [0.15, 0.2) is 30.3 Å². The number of imidazole rings is 1. The number of likely N-dealkylation sites (tertiary alicyclic amines) is 1. The molecule has 4 rings (SSSR count). The van der Waals surface area contributed by atoms with Crippen molar-refractivity contribution in [1.82, 2.24) is 19.9 Å². The number of benzene rings is 1. The number of fused-ring (bicyclic) bond motifs is 1. The summed E-state index contributed by atoms with van der Waals surface area (Å²) in [6.45, 7) is 7.99. The predicted molar refractivity (Wildman–Crippen MR) is 103 cm³/mol. The molecule has 0 aliphatic carbocycles. The number of hydrogen-bond donors (Lipinski definition) is 1. The van der Waals surface area contributed by atoms with Gasteiger partial charge in [-0.05, 0) is 56.2 Å². The number of aryl methyl sites for hydroxylation is 3. The highest BCUT2D eigenvalue weighted by atomic mass is 19.1. The molecule has 2 atom stereocenters. The van der Waals surface area contributed by atoms with Crippen molar-refractivity contribution in [3.05, 3.63) is 58.7 Å². The van der Waals surface area contributed by atoms with Crippen molar-refractivity contribution in [2.24, 2.45) is 0 Å². The van der Waals surface area contributed by atoms with Gasteiger partial charge >= 0.3 is 0 Å². The average Bonchev–Trinajstić information content (AvgIpc) is 3.16. The van der Waals surface area contributed by atoms with Crippen molar-refractivity contribution in [3.8, 4) is 0 Å². The molecular formula is C21H25FN4O. The van der Waals surface area contributed by atoms with E-state index < -0.39 is 12.3 Å². The Balaban J connectivity index is 1.37. The zero-order chi connectivity index (χ0) is 19.0. The van der Waals surface area contributed by atoms with Gasteiger partial charge in [0.2, 0.25) is 0 Å². The van der Waals surface area contributed by atoms with Gasteiger partial charge in [-0.2, -0.15) is 0 Å². The summed E-state index contributed by atoms with van der Waals surface area (Å²) in [5.74, 6) is 0.737. The van der Waals surface area contributed by atoms with Gasteiger partial charge in [-0.15, -0.1) is 0 Å². The molecule has 0 radical (unpaired) electrons. The van der Waals surface area contributed by atoms with Crippen molar-refractivity contribution >= 4 is 11.0 Å².